The van der Waals surface area contributed by atoms with Gasteiger partial charge in [-0.3, -0.25) is 4.79 Å². The van der Waals surface area contributed by atoms with Crippen molar-refractivity contribution in [3.63, 3.8) is 0 Å². The molecule has 0 aliphatic carbocycles. The smallest absolute Gasteiger partial charge is 0.246 e. The molecule has 1 aromatic heterocycles. The summed E-state index contributed by atoms with van der Waals surface area (Å²) in [6.45, 7) is 0.302. The van der Waals surface area contributed by atoms with Gasteiger partial charge in [0.1, 0.15) is 6.61 Å². The number of tetrazole rings is 1. The molecule has 0 saturated carbocycles. The van der Waals surface area contributed by atoms with Gasteiger partial charge in [0.2, 0.25) is 5.91 Å². The van der Waals surface area contributed by atoms with Gasteiger partial charge in [-0.1, -0.05) is 5.21 Å². The molecule has 12 heavy (non-hydrogen) atoms. The van der Waals surface area contributed by atoms with E-state index < -0.39 is 0 Å². The Morgan fingerprint density at radius 1 is 1.75 bits per heavy atom. The molecule has 0 spiro atoms. The molecule has 7 heteroatoms. The monoisotopic (exact) mass is 171 g/mol. The minimum atomic E-state index is -0.206. The van der Waals surface area contributed by atoms with Crippen LogP contribution in [0.5, 0.6) is 0 Å². The predicted octanol–water partition coefficient (Wildman–Crippen LogP) is -1.54. The topological polar surface area (TPSA) is 92.8 Å². The second kappa shape index (κ2) is 4.39. The Bertz CT molecular complexity index is 234. The van der Waals surface area contributed by atoms with Gasteiger partial charge in [-0.25, -0.2) is 0 Å². The Kier molecular flexibility index (Phi) is 3.15. The van der Waals surface area contributed by atoms with Gasteiger partial charge in [0.25, 0.3) is 0 Å². The van der Waals surface area contributed by atoms with Crippen LogP contribution in [0.15, 0.2) is 0 Å². The Hall–Kier alpha value is -1.50. The van der Waals surface area contributed by atoms with Crippen LogP contribution in [0.1, 0.15) is 5.82 Å². The lowest BCUT2D eigenvalue weighted by Gasteiger charge is -1.99. The molecule has 0 unspecified atom stereocenters. The van der Waals surface area contributed by atoms with Crippen molar-refractivity contribution in [1.82, 2.24) is 25.9 Å². The van der Waals surface area contributed by atoms with Crippen LogP contribution in [0, 0.1) is 0 Å². The fourth-order valence-electron chi connectivity index (χ4n) is 0.617. The largest absolute Gasteiger partial charge is 0.375 e. The normalized spacial score (nSPS) is 9.75. The highest BCUT2D eigenvalue weighted by Crippen LogP contribution is 1.80. The van der Waals surface area contributed by atoms with Gasteiger partial charge in [0.05, 0.1) is 6.54 Å². The molecule has 0 atom stereocenters. The number of nitrogens with zero attached hydrogens (tertiary/aromatic N) is 3. The van der Waals surface area contributed by atoms with Gasteiger partial charge in [-0.15, -0.1) is 10.2 Å². The maximum atomic E-state index is 10.8. The van der Waals surface area contributed by atoms with Crippen LogP contribution >= 0.6 is 0 Å². The molecule has 0 saturated heterocycles. The Balaban J connectivity index is 2.22. The number of H-pyrrole nitrogens is 1. The summed E-state index contributed by atoms with van der Waals surface area (Å²) in [6, 6.07) is 0. The van der Waals surface area contributed by atoms with E-state index in [1.165, 1.54) is 7.11 Å². The highest BCUT2D eigenvalue weighted by molar-refractivity contribution is 5.76. The third-order valence-electron chi connectivity index (χ3n) is 1.11. The Labute approximate surface area is 68.5 Å². The molecule has 0 bridgehead atoms. The van der Waals surface area contributed by atoms with Gasteiger partial charge in [-0.05, 0) is 0 Å². The zero-order chi connectivity index (χ0) is 8.81. The van der Waals surface area contributed by atoms with Crippen molar-refractivity contribution in [3.05, 3.63) is 5.82 Å². The highest BCUT2D eigenvalue weighted by Gasteiger charge is 2.01. The van der Waals surface area contributed by atoms with Crippen LogP contribution in [-0.2, 0) is 16.1 Å². The first-order valence-corrected chi connectivity index (χ1v) is 3.31. The third-order valence-corrected chi connectivity index (χ3v) is 1.11. The van der Waals surface area contributed by atoms with Gasteiger partial charge in [-0.2, -0.15) is 5.21 Å². The molecule has 66 valence electrons. The number of carbonyl (C=O) groups is 1. The van der Waals surface area contributed by atoms with E-state index in [1.807, 2.05) is 0 Å². The summed E-state index contributed by atoms with van der Waals surface area (Å²) in [5, 5.41) is 15.4. The average Bonchev–Trinajstić information content (AvgIpc) is 2.53. The van der Waals surface area contributed by atoms with E-state index in [9.17, 15) is 4.79 Å². The number of ether oxygens (including phenoxy) is 1. The van der Waals surface area contributed by atoms with E-state index in [0.717, 1.165) is 0 Å². The first kappa shape index (κ1) is 8.60. The Morgan fingerprint density at radius 3 is 3.17 bits per heavy atom. The molecule has 0 radical (unpaired) electrons. The predicted molar refractivity (Wildman–Crippen MR) is 37.9 cm³/mol. The number of rotatable bonds is 4. The van der Waals surface area contributed by atoms with E-state index in [1.54, 1.807) is 0 Å². The van der Waals surface area contributed by atoms with Crippen LogP contribution < -0.4 is 5.32 Å². The SMILES string of the molecule is COCC(=O)NCc1nn[nH]n1. The molecule has 1 heterocycles. The van der Waals surface area contributed by atoms with E-state index in [2.05, 4.69) is 30.7 Å². The van der Waals surface area contributed by atoms with Gasteiger partial charge in [0.15, 0.2) is 5.82 Å². The molecule has 0 aliphatic heterocycles. The van der Waals surface area contributed by atoms with Crippen molar-refractivity contribution >= 4 is 5.91 Å². The maximum absolute atomic E-state index is 10.8. The quantitative estimate of drug-likeness (QED) is 0.572. The molecule has 7 nitrogen and oxygen atoms in total. The van der Waals surface area contributed by atoms with Crippen molar-refractivity contribution < 1.29 is 9.53 Å². The van der Waals surface area contributed by atoms with E-state index in [-0.39, 0.29) is 19.1 Å². The number of aromatic amines is 1. The number of carbonyl (C=O) groups excluding carboxylic acids is 1. The molecule has 2 N–H and O–H groups in total. The van der Waals surface area contributed by atoms with Crippen LogP contribution in [0.3, 0.4) is 0 Å². The zero-order valence-corrected chi connectivity index (χ0v) is 6.57. The third kappa shape index (κ3) is 2.62. The van der Waals surface area contributed by atoms with E-state index >= 15 is 0 Å². The minimum absolute atomic E-state index is 0.0395. The lowest BCUT2D eigenvalue weighted by Crippen LogP contribution is -2.27. The van der Waals surface area contributed by atoms with Crippen LogP contribution in [0.25, 0.3) is 0 Å². The number of hydrogen-bond donors (Lipinski definition) is 2. The van der Waals surface area contributed by atoms with E-state index in [0.29, 0.717) is 5.82 Å². The molecule has 0 aromatic carbocycles. The molecule has 0 aliphatic rings. The summed E-state index contributed by atoms with van der Waals surface area (Å²) in [5.41, 5.74) is 0. The lowest BCUT2D eigenvalue weighted by molar-refractivity contribution is -0.124. The number of hydrogen-bond acceptors (Lipinski definition) is 5. The number of nitrogens with one attached hydrogen (secondary N) is 2. The van der Waals surface area contributed by atoms with Gasteiger partial charge in [0, 0.05) is 7.11 Å². The first-order chi connectivity index (χ1) is 5.83. The van der Waals surface area contributed by atoms with Crippen molar-refractivity contribution in [2.45, 2.75) is 6.54 Å². The Morgan fingerprint density at radius 2 is 2.58 bits per heavy atom. The molecule has 1 rings (SSSR count). The summed E-state index contributed by atoms with van der Waals surface area (Å²) < 4.78 is 4.60. The lowest BCUT2D eigenvalue weighted by atomic mass is 10.5. The molecule has 0 fully saturated rings. The summed E-state index contributed by atoms with van der Waals surface area (Å²) >= 11 is 0. The highest BCUT2D eigenvalue weighted by atomic mass is 16.5. The van der Waals surface area contributed by atoms with Crippen LogP contribution in [0.4, 0.5) is 0 Å². The standard InChI is InChI=1S/C5H9N5O2/c1-12-3-5(11)6-2-4-7-9-10-8-4/h2-3H2,1H3,(H,6,11)(H,7,8,9,10). The fourth-order valence-corrected chi connectivity index (χ4v) is 0.617. The van der Waals surface area contributed by atoms with Crippen molar-refractivity contribution in [3.8, 4) is 0 Å². The molecule has 1 aromatic rings. The molecule has 1 amide bonds. The van der Waals surface area contributed by atoms with Gasteiger partial charge < -0.3 is 10.1 Å². The van der Waals surface area contributed by atoms with E-state index in [4.69, 9.17) is 0 Å². The van der Waals surface area contributed by atoms with Crippen molar-refractivity contribution in [2.24, 2.45) is 0 Å². The van der Waals surface area contributed by atoms with Gasteiger partial charge >= 0.3 is 0 Å². The zero-order valence-electron chi connectivity index (χ0n) is 6.57. The van der Waals surface area contributed by atoms with Crippen molar-refractivity contribution in [1.29, 1.82) is 0 Å². The minimum Gasteiger partial charge on any atom is -0.375 e. The fraction of sp³-hybridized carbons (Fsp3) is 0.600. The second-order valence-electron chi connectivity index (χ2n) is 2.04. The summed E-state index contributed by atoms with van der Waals surface area (Å²) in [6.07, 6.45) is 0. The number of methoxy groups -OCH3 is 1. The first-order valence-electron chi connectivity index (χ1n) is 3.31. The molecular weight excluding hydrogens is 162 g/mol. The average molecular weight is 171 g/mol. The number of aromatic nitrogens is 4. The summed E-state index contributed by atoms with van der Waals surface area (Å²) in [4.78, 5) is 10.8. The van der Waals surface area contributed by atoms with Crippen LogP contribution in [-0.4, -0.2) is 40.2 Å². The second-order valence-corrected chi connectivity index (χ2v) is 2.04. The molecular formula is C5H9N5O2. The summed E-state index contributed by atoms with van der Waals surface area (Å²) in [7, 11) is 1.45. The van der Waals surface area contributed by atoms with Crippen LogP contribution in [0.2, 0.25) is 0 Å². The maximum Gasteiger partial charge on any atom is 0.246 e. The summed E-state index contributed by atoms with van der Waals surface area (Å²) in [5.74, 6) is 0.238. The number of amides is 1. The van der Waals surface area contributed by atoms with Crippen molar-refractivity contribution in [2.75, 3.05) is 13.7 Å².